The fourth-order valence-electron chi connectivity index (χ4n) is 4.18. The number of amides is 2. The molecule has 4 rings (SSSR count). The van der Waals surface area contributed by atoms with Gasteiger partial charge in [0.15, 0.2) is 6.10 Å². The van der Waals surface area contributed by atoms with Gasteiger partial charge in [0.05, 0.1) is 12.6 Å². The number of rotatable bonds is 6. The zero-order chi connectivity index (χ0) is 23.4. The quantitative estimate of drug-likeness (QED) is 0.526. The molecule has 33 heavy (non-hydrogen) atoms. The zero-order valence-corrected chi connectivity index (χ0v) is 18.8. The van der Waals surface area contributed by atoms with E-state index in [2.05, 4.69) is 12.2 Å². The number of nitrogens with zero attached hydrogens (tertiary/aromatic N) is 1. The number of ether oxygens (including phenoxy) is 1. The number of carbonyl (C=O) groups excluding carboxylic acids is 2. The van der Waals surface area contributed by atoms with Gasteiger partial charge < -0.3 is 15.0 Å². The predicted molar refractivity (Wildman–Crippen MR) is 126 cm³/mol. The van der Waals surface area contributed by atoms with Gasteiger partial charge in [-0.25, -0.2) is 4.39 Å². The van der Waals surface area contributed by atoms with Crippen molar-refractivity contribution in [3.8, 4) is 5.75 Å². The summed E-state index contributed by atoms with van der Waals surface area (Å²) in [5.41, 5.74) is 2.85. The number of benzene rings is 3. The molecule has 0 unspecified atom stereocenters. The molecule has 0 saturated carbocycles. The summed E-state index contributed by atoms with van der Waals surface area (Å²) in [6.07, 6.45) is 0.759. The molecule has 170 valence electrons. The van der Waals surface area contributed by atoms with Gasteiger partial charge in [-0.05, 0) is 60.9 Å². The van der Waals surface area contributed by atoms with Crippen LogP contribution in [0.15, 0.2) is 72.8 Å². The first-order valence-electron chi connectivity index (χ1n) is 11.2. The van der Waals surface area contributed by atoms with Crippen molar-refractivity contribution in [2.24, 2.45) is 0 Å². The van der Waals surface area contributed by atoms with Crippen LogP contribution >= 0.6 is 0 Å². The number of fused-ring (bicyclic) bond motifs is 1. The van der Waals surface area contributed by atoms with E-state index in [9.17, 15) is 14.0 Å². The van der Waals surface area contributed by atoms with E-state index in [-0.39, 0.29) is 17.9 Å². The molecule has 1 heterocycles. The Morgan fingerprint density at radius 3 is 2.48 bits per heavy atom. The maximum absolute atomic E-state index is 13.4. The highest BCUT2D eigenvalue weighted by Crippen LogP contribution is 2.34. The Balaban J connectivity index is 1.64. The second-order valence-electron chi connectivity index (χ2n) is 8.10. The summed E-state index contributed by atoms with van der Waals surface area (Å²) in [6, 6.07) is 20.7. The first kappa shape index (κ1) is 22.5. The van der Waals surface area contributed by atoms with Crippen molar-refractivity contribution in [2.75, 3.05) is 5.32 Å². The SMILES string of the molecule is CC[C@@H]1Oc2ccc(NC(=O)c3ccc(F)cc3)cc2CN([C@@H](CC)c2ccccc2)C1=O. The highest BCUT2D eigenvalue weighted by atomic mass is 19.1. The Morgan fingerprint density at radius 1 is 1.09 bits per heavy atom. The molecular formula is C27H27FN2O3. The Labute approximate surface area is 193 Å². The van der Waals surface area contributed by atoms with E-state index in [0.29, 0.717) is 30.0 Å². The predicted octanol–water partition coefficient (Wildman–Crippen LogP) is 5.73. The molecule has 0 radical (unpaired) electrons. The largest absolute Gasteiger partial charge is 0.480 e. The van der Waals surface area contributed by atoms with Crippen molar-refractivity contribution >= 4 is 17.5 Å². The third kappa shape index (κ3) is 4.90. The minimum Gasteiger partial charge on any atom is -0.480 e. The average molecular weight is 447 g/mol. The highest BCUT2D eigenvalue weighted by Gasteiger charge is 2.34. The van der Waals surface area contributed by atoms with E-state index >= 15 is 0 Å². The lowest BCUT2D eigenvalue weighted by Gasteiger charge is -2.32. The van der Waals surface area contributed by atoms with Crippen LogP contribution in [-0.4, -0.2) is 22.8 Å². The van der Waals surface area contributed by atoms with Crippen LogP contribution in [0.3, 0.4) is 0 Å². The van der Waals surface area contributed by atoms with Crippen molar-refractivity contribution < 1.29 is 18.7 Å². The molecular weight excluding hydrogens is 419 g/mol. The van der Waals surface area contributed by atoms with Crippen molar-refractivity contribution in [2.45, 2.75) is 45.4 Å². The molecule has 1 aliphatic rings. The van der Waals surface area contributed by atoms with Crippen molar-refractivity contribution in [1.29, 1.82) is 0 Å². The molecule has 0 aliphatic carbocycles. The molecule has 6 heteroatoms. The summed E-state index contributed by atoms with van der Waals surface area (Å²) in [7, 11) is 0. The topological polar surface area (TPSA) is 58.6 Å². The van der Waals surface area contributed by atoms with E-state index < -0.39 is 11.9 Å². The van der Waals surface area contributed by atoms with Crippen LogP contribution in [0, 0.1) is 5.82 Å². The van der Waals surface area contributed by atoms with Gasteiger partial charge >= 0.3 is 0 Å². The van der Waals surface area contributed by atoms with Gasteiger partial charge in [-0.2, -0.15) is 0 Å². The third-order valence-electron chi connectivity index (χ3n) is 5.91. The molecule has 3 aromatic carbocycles. The molecule has 2 atom stereocenters. The third-order valence-corrected chi connectivity index (χ3v) is 5.91. The maximum atomic E-state index is 13.4. The molecule has 1 aliphatic heterocycles. The van der Waals surface area contributed by atoms with Gasteiger partial charge in [0.1, 0.15) is 11.6 Å². The van der Waals surface area contributed by atoms with Gasteiger partial charge in [-0.3, -0.25) is 9.59 Å². The van der Waals surface area contributed by atoms with Crippen LogP contribution in [0.5, 0.6) is 5.75 Å². The summed E-state index contributed by atoms with van der Waals surface area (Å²) in [6.45, 7) is 4.38. The number of hydrogen-bond donors (Lipinski definition) is 1. The number of carbonyl (C=O) groups is 2. The summed E-state index contributed by atoms with van der Waals surface area (Å²) >= 11 is 0. The van der Waals surface area contributed by atoms with E-state index in [1.165, 1.54) is 24.3 Å². The van der Waals surface area contributed by atoms with Crippen LogP contribution in [0.1, 0.15) is 54.2 Å². The van der Waals surface area contributed by atoms with Gasteiger partial charge in [0.2, 0.25) is 0 Å². The monoisotopic (exact) mass is 446 g/mol. The van der Waals surface area contributed by atoms with Crippen molar-refractivity contribution in [3.05, 3.63) is 95.3 Å². The second-order valence-corrected chi connectivity index (χ2v) is 8.10. The number of anilines is 1. The molecule has 3 aromatic rings. The summed E-state index contributed by atoms with van der Waals surface area (Å²) < 4.78 is 19.3. The molecule has 1 N–H and O–H groups in total. The lowest BCUT2D eigenvalue weighted by atomic mass is 10.0. The standard InChI is InChI=1S/C27H27FN2O3/c1-3-23(18-8-6-5-7-9-18)30-17-20-16-22(14-15-25(20)33-24(4-2)27(30)32)29-26(31)19-10-12-21(28)13-11-19/h5-16,23-24H,3-4,17H2,1-2H3,(H,29,31)/t23-,24-/m0/s1. The molecule has 2 amide bonds. The van der Waals surface area contributed by atoms with Crippen LogP contribution in [0.2, 0.25) is 0 Å². The van der Waals surface area contributed by atoms with Crippen molar-refractivity contribution in [3.63, 3.8) is 0 Å². The van der Waals surface area contributed by atoms with E-state index in [1.54, 1.807) is 12.1 Å². The van der Waals surface area contributed by atoms with Crippen LogP contribution in [0.25, 0.3) is 0 Å². The average Bonchev–Trinajstić information content (AvgIpc) is 2.97. The first-order valence-corrected chi connectivity index (χ1v) is 11.2. The van der Waals surface area contributed by atoms with Crippen LogP contribution in [0.4, 0.5) is 10.1 Å². The minimum absolute atomic E-state index is 0.0405. The smallest absolute Gasteiger partial charge is 0.264 e. The van der Waals surface area contributed by atoms with E-state index in [0.717, 1.165) is 17.5 Å². The van der Waals surface area contributed by atoms with E-state index in [4.69, 9.17) is 4.74 Å². The molecule has 0 bridgehead atoms. The highest BCUT2D eigenvalue weighted by molar-refractivity contribution is 6.04. The lowest BCUT2D eigenvalue weighted by molar-refractivity contribution is -0.141. The molecule has 0 saturated heterocycles. The normalized spacial score (nSPS) is 16.4. The Hall–Kier alpha value is -3.67. The lowest BCUT2D eigenvalue weighted by Crippen LogP contribution is -2.41. The summed E-state index contributed by atoms with van der Waals surface area (Å²) in [4.78, 5) is 27.9. The van der Waals surface area contributed by atoms with Gasteiger partial charge in [-0.1, -0.05) is 44.2 Å². The second kappa shape index (κ2) is 9.86. The maximum Gasteiger partial charge on any atom is 0.264 e. The molecule has 0 aromatic heterocycles. The van der Waals surface area contributed by atoms with Gasteiger partial charge in [0, 0.05) is 16.8 Å². The number of halogens is 1. The van der Waals surface area contributed by atoms with Crippen LogP contribution < -0.4 is 10.1 Å². The first-order chi connectivity index (χ1) is 16.0. The molecule has 0 spiro atoms. The number of hydrogen-bond acceptors (Lipinski definition) is 3. The Kier molecular flexibility index (Phi) is 6.73. The van der Waals surface area contributed by atoms with Crippen molar-refractivity contribution in [1.82, 2.24) is 4.90 Å². The number of nitrogens with one attached hydrogen (secondary N) is 1. The fraction of sp³-hybridized carbons (Fsp3) is 0.259. The summed E-state index contributed by atoms with van der Waals surface area (Å²) in [5, 5.41) is 2.85. The zero-order valence-electron chi connectivity index (χ0n) is 18.8. The van der Waals surface area contributed by atoms with Crippen LogP contribution in [-0.2, 0) is 11.3 Å². The van der Waals surface area contributed by atoms with Gasteiger partial charge in [-0.15, -0.1) is 0 Å². The Bertz CT molecular complexity index is 1130. The summed E-state index contributed by atoms with van der Waals surface area (Å²) in [5.74, 6) is -0.130. The minimum atomic E-state index is -0.566. The fourth-order valence-corrected chi connectivity index (χ4v) is 4.18. The molecule has 5 nitrogen and oxygen atoms in total. The van der Waals surface area contributed by atoms with Gasteiger partial charge in [0.25, 0.3) is 11.8 Å². The molecule has 0 fully saturated rings. The Morgan fingerprint density at radius 2 is 1.82 bits per heavy atom. The van der Waals surface area contributed by atoms with E-state index in [1.807, 2.05) is 48.2 Å².